The van der Waals surface area contributed by atoms with Gasteiger partial charge in [-0.15, -0.1) is 0 Å². The minimum absolute atomic E-state index is 0.0290. The Morgan fingerprint density at radius 2 is 1.36 bits per heavy atom. The molecule has 0 heterocycles. The summed E-state index contributed by atoms with van der Waals surface area (Å²) in [6, 6.07) is 0. The summed E-state index contributed by atoms with van der Waals surface area (Å²) >= 11 is 0. The van der Waals surface area contributed by atoms with Crippen molar-refractivity contribution < 1.29 is 42.1 Å². The zero-order valence-corrected chi connectivity index (χ0v) is 26.3. The highest BCUT2D eigenvalue weighted by molar-refractivity contribution is 7.47. The molecule has 0 saturated carbocycles. The second kappa shape index (κ2) is 23.5. The highest BCUT2D eigenvalue weighted by Gasteiger charge is 2.26. The van der Waals surface area contributed by atoms with Gasteiger partial charge in [-0.25, -0.2) is 4.57 Å². The lowest BCUT2D eigenvalue weighted by Gasteiger charge is -2.24. The lowest BCUT2D eigenvalue weighted by molar-refractivity contribution is -0.870. The Morgan fingerprint density at radius 3 is 1.90 bits per heavy atom. The van der Waals surface area contributed by atoms with Crippen molar-refractivity contribution in [3.05, 3.63) is 12.2 Å². The number of unbranched alkanes of at least 4 members (excludes halogenated alkanes) is 12. The number of carbonyl (C=O) groups is 2. The van der Waals surface area contributed by atoms with E-state index in [1.54, 1.807) is 0 Å². The number of ether oxygens (including phenoxy) is 2. The third-order valence-electron chi connectivity index (χ3n) is 6.10. The van der Waals surface area contributed by atoms with Crippen molar-refractivity contribution >= 4 is 19.8 Å². The number of allylic oxidation sites excluding steroid dienone is 2. The quantitative estimate of drug-likeness (QED) is 0.0396. The van der Waals surface area contributed by atoms with Crippen LogP contribution in [0.15, 0.2) is 12.2 Å². The summed E-state index contributed by atoms with van der Waals surface area (Å²) in [5, 5.41) is 0. The van der Waals surface area contributed by atoms with Gasteiger partial charge in [0.05, 0.1) is 27.7 Å². The van der Waals surface area contributed by atoms with E-state index in [-0.39, 0.29) is 19.6 Å². The molecular formula is C29H57NO8P+. The number of phosphoric acid groups is 1. The van der Waals surface area contributed by atoms with Gasteiger partial charge in [-0.3, -0.25) is 18.6 Å². The molecule has 39 heavy (non-hydrogen) atoms. The zero-order valence-electron chi connectivity index (χ0n) is 25.4. The van der Waals surface area contributed by atoms with E-state index in [0.29, 0.717) is 17.4 Å². The Bertz CT molecular complexity index is 708. The average molecular weight is 579 g/mol. The number of quaternary nitrogens is 1. The molecule has 0 saturated heterocycles. The lowest BCUT2D eigenvalue weighted by atomic mass is 10.1. The van der Waals surface area contributed by atoms with Crippen LogP contribution in [0.3, 0.4) is 0 Å². The van der Waals surface area contributed by atoms with Crippen LogP contribution in [0, 0.1) is 0 Å². The van der Waals surface area contributed by atoms with Crippen LogP contribution in [0.25, 0.3) is 0 Å². The van der Waals surface area contributed by atoms with Crippen LogP contribution in [0.4, 0.5) is 0 Å². The molecule has 0 aliphatic carbocycles. The molecule has 0 bridgehead atoms. The Hall–Kier alpha value is -1.25. The molecule has 2 unspecified atom stereocenters. The summed E-state index contributed by atoms with van der Waals surface area (Å²) in [5.41, 5.74) is 0. The molecule has 0 fully saturated rings. The van der Waals surface area contributed by atoms with Gasteiger partial charge in [0, 0.05) is 13.3 Å². The van der Waals surface area contributed by atoms with Crippen LogP contribution in [0.1, 0.15) is 110 Å². The van der Waals surface area contributed by atoms with Crippen molar-refractivity contribution in [1.82, 2.24) is 0 Å². The molecular weight excluding hydrogens is 521 g/mol. The summed E-state index contributed by atoms with van der Waals surface area (Å²) in [7, 11) is 1.46. The van der Waals surface area contributed by atoms with Gasteiger partial charge in [-0.1, -0.05) is 76.9 Å². The van der Waals surface area contributed by atoms with Crippen molar-refractivity contribution in [3.8, 4) is 0 Å². The number of esters is 2. The standard InChI is InChI=1S/C29H56NO8P/c1-6-7-8-9-10-11-12-13-14-15-16-17-18-19-20-21-22-29(32)38-28(25-35-27(2)31)26-37-39(33,34)36-24-23-30(3,4)5/h14-15,28H,6-13,16-26H2,1-5H3/p+1/b15-14-. The third-order valence-corrected chi connectivity index (χ3v) is 7.09. The van der Waals surface area contributed by atoms with Crippen molar-refractivity contribution in [2.45, 2.75) is 116 Å². The van der Waals surface area contributed by atoms with E-state index < -0.39 is 32.5 Å². The monoisotopic (exact) mass is 578 g/mol. The molecule has 0 aliphatic rings. The largest absolute Gasteiger partial charge is 0.472 e. The summed E-state index contributed by atoms with van der Waals surface area (Å²) < 4.78 is 32.9. The topological polar surface area (TPSA) is 108 Å². The summed E-state index contributed by atoms with van der Waals surface area (Å²) in [6.07, 6.45) is 20.5. The van der Waals surface area contributed by atoms with Gasteiger partial charge >= 0.3 is 19.8 Å². The van der Waals surface area contributed by atoms with Crippen LogP contribution < -0.4 is 0 Å². The highest BCUT2D eigenvalue weighted by Crippen LogP contribution is 2.43. The molecule has 10 heteroatoms. The Morgan fingerprint density at radius 1 is 0.821 bits per heavy atom. The highest BCUT2D eigenvalue weighted by atomic mass is 31.2. The van der Waals surface area contributed by atoms with Crippen LogP contribution in [-0.4, -0.2) is 74.9 Å². The minimum atomic E-state index is -4.32. The SMILES string of the molecule is CCCCCCCCC/C=C\CCCCCCCC(=O)OC(COC(C)=O)COP(=O)(O)OCC[N+](C)(C)C. The first-order chi connectivity index (χ1) is 18.4. The fourth-order valence-corrected chi connectivity index (χ4v) is 4.47. The Kier molecular flexibility index (Phi) is 22.7. The number of phosphoric ester groups is 1. The van der Waals surface area contributed by atoms with Crippen LogP contribution in [0.2, 0.25) is 0 Å². The zero-order chi connectivity index (χ0) is 29.4. The van der Waals surface area contributed by atoms with Gasteiger partial charge in [-0.05, 0) is 32.1 Å². The maximum Gasteiger partial charge on any atom is 0.472 e. The summed E-state index contributed by atoms with van der Waals surface area (Å²) in [6.45, 7) is 3.35. The van der Waals surface area contributed by atoms with Crippen LogP contribution in [0.5, 0.6) is 0 Å². The van der Waals surface area contributed by atoms with Crippen LogP contribution in [-0.2, 0) is 32.7 Å². The third kappa shape index (κ3) is 28.1. The molecule has 2 atom stereocenters. The normalized spacial score (nSPS) is 14.3. The van der Waals surface area contributed by atoms with E-state index in [1.165, 1.54) is 58.3 Å². The molecule has 0 aromatic carbocycles. The molecule has 0 aromatic rings. The molecule has 0 aliphatic heterocycles. The second-order valence-corrected chi connectivity index (χ2v) is 12.7. The number of nitrogens with zero attached hydrogens (tertiary/aromatic N) is 1. The molecule has 0 rings (SSSR count). The molecule has 0 aromatic heterocycles. The van der Waals surface area contributed by atoms with E-state index in [0.717, 1.165) is 32.1 Å². The first-order valence-electron chi connectivity index (χ1n) is 14.9. The molecule has 0 radical (unpaired) electrons. The van der Waals surface area contributed by atoms with E-state index in [2.05, 4.69) is 19.1 Å². The average Bonchev–Trinajstić information content (AvgIpc) is 2.84. The van der Waals surface area contributed by atoms with Crippen LogP contribution >= 0.6 is 7.82 Å². The van der Waals surface area contributed by atoms with E-state index in [1.807, 2.05) is 21.1 Å². The predicted molar refractivity (Wildman–Crippen MR) is 155 cm³/mol. The van der Waals surface area contributed by atoms with Crippen molar-refractivity contribution in [2.24, 2.45) is 0 Å². The second-order valence-electron chi connectivity index (χ2n) is 11.2. The van der Waals surface area contributed by atoms with Gasteiger partial charge < -0.3 is 18.9 Å². The number of rotatable bonds is 26. The lowest BCUT2D eigenvalue weighted by Crippen LogP contribution is -2.37. The molecule has 230 valence electrons. The molecule has 9 nitrogen and oxygen atoms in total. The van der Waals surface area contributed by atoms with E-state index in [9.17, 15) is 19.0 Å². The van der Waals surface area contributed by atoms with Gasteiger partial charge in [-0.2, -0.15) is 0 Å². The fraction of sp³-hybridized carbons (Fsp3) is 0.862. The summed E-state index contributed by atoms with van der Waals surface area (Å²) in [4.78, 5) is 33.3. The smallest absolute Gasteiger partial charge is 0.462 e. The molecule has 0 amide bonds. The van der Waals surface area contributed by atoms with Crippen molar-refractivity contribution in [3.63, 3.8) is 0 Å². The number of hydrogen-bond acceptors (Lipinski definition) is 7. The first kappa shape index (κ1) is 37.8. The minimum Gasteiger partial charge on any atom is -0.462 e. The number of carbonyl (C=O) groups excluding carboxylic acids is 2. The maximum atomic E-state index is 12.3. The van der Waals surface area contributed by atoms with Crippen molar-refractivity contribution in [2.75, 3.05) is 47.5 Å². The maximum absolute atomic E-state index is 12.3. The van der Waals surface area contributed by atoms with Crippen molar-refractivity contribution in [1.29, 1.82) is 0 Å². The Labute approximate surface area is 237 Å². The molecule has 0 spiro atoms. The van der Waals surface area contributed by atoms with E-state index >= 15 is 0 Å². The number of likely N-dealkylation sites (N-methyl/N-ethyl adjacent to an activating group) is 1. The van der Waals surface area contributed by atoms with E-state index in [4.69, 9.17) is 18.5 Å². The molecule has 1 N–H and O–H groups in total. The number of hydrogen-bond donors (Lipinski definition) is 1. The Balaban J connectivity index is 4.03. The predicted octanol–water partition coefficient (Wildman–Crippen LogP) is 6.73. The van der Waals surface area contributed by atoms with Gasteiger partial charge in [0.2, 0.25) is 0 Å². The van der Waals surface area contributed by atoms with Gasteiger partial charge in [0.15, 0.2) is 6.10 Å². The van der Waals surface area contributed by atoms with Gasteiger partial charge in [0.25, 0.3) is 0 Å². The summed E-state index contributed by atoms with van der Waals surface area (Å²) in [5.74, 6) is -1.00. The first-order valence-corrected chi connectivity index (χ1v) is 16.3. The van der Waals surface area contributed by atoms with Gasteiger partial charge in [0.1, 0.15) is 19.8 Å². The fourth-order valence-electron chi connectivity index (χ4n) is 3.73.